The molecule has 0 aromatic carbocycles. The number of likely N-dealkylation sites (N-methyl/N-ethyl adjacent to an activating group) is 1. The molecule has 6 heteroatoms. The van der Waals surface area contributed by atoms with Crippen molar-refractivity contribution in [2.75, 3.05) is 40.5 Å². The van der Waals surface area contributed by atoms with Crippen LogP contribution in [-0.4, -0.2) is 72.2 Å². The molecular formula is C8H20NO4P+2. The van der Waals surface area contributed by atoms with Crippen LogP contribution in [0.4, 0.5) is 0 Å². The summed E-state index contributed by atoms with van der Waals surface area (Å²) in [6.45, 7) is -0.576. The molecule has 0 rings (SSSR count). The van der Waals surface area contributed by atoms with Gasteiger partial charge in [-0.15, -0.1) is 0 Å². The zero-order chi connectivity index (χ0) is 11.4. The molecular weight excluding hydrogens is 205 g/mol. The Bertz CT molecular complexity index is 192. The van der Waals surface area contributed by atoms with Gasteiger partial charge in [0, 0.05) is 0 Å². The standard InChI is InChI=1S/C8H20NO4P/c1-9(2,3)8(5-11)14(13)6-7(12)4-10/h7-8,10-12H,4-6H2,1-3H3/q+2. The first-order chi connectivity index (χ1) is 6.32. The summed E-state index contributed by atoms with van der Waals surface area (Å²) in [5.74, 6) is -0.397. The van der Waals surface area contributed by atoms with E-state index in [9.17, 15) is 4.57 Å². The lowest BCUT2D eigenvalue weighted by molar-refractivity contribution is -0.882. The van der Waals surface area contributed by atoms with Crippen molar-refractivity contribution >= 4 is 7.80 Å². The molecule has 0 bridgehead atoms. The molecule has 0 heterocycles. The molecule has 0 radical (unpaired) electrons. The van der Waals surface area contributed by atoms with E-state index in [1.807, 2.05) is 21.1 Å². The molecule has 0 aromatic heterocycles. The summed E-state index contributed by atoms with van der Waals surface area (Å²) >= 11 is 0. The molecule has 0 amide bonds. The molecule has 5 nitrogen and oxygen atoms in total. The summed E-state index contributed by atoms with van der Waals surface area (Å²) < 4.78 is 12.1. The topological polar surface area (TPSA) is 77.8 Å². The molecule has 0 spiro atoms. The van der Waals surface area contributed by atoms with Crippen molar-refractivity contribution in [1.82, 2.24) is 0 Å². The van der Waals surface area contributed by atoms with Crippen LogP contribution in [0, 0.1) is 0 Å². The van der Waals surface area contributed by atoms with Gasteiger partial charge in [-0.3, -0.25) is 4.48 Å². The van der Waals surface area contributed by atoms with Gasteiger partial charge >= 0.3 is 7.80 Å². The first kappa shape index (κ1) is 13.9. The highest BCUT2D eigenvalue weighted by molar-refractivity contribution is 7.45. The van der Waals surface area contributed by atoms with E-state index in [-0.39, 0.29) is 12.8 Å². The number of aliphatic hydroxyl groups excluding tert-OH is 3. The summed E-state index contributed by atoms with van der Waals surface area (Å²) in [6, 6.07) is 0. The second-order valence-corrected chi connectivity index (χ2v) is 6.01. The van der Waals surface area contributed by atoms with Crippen LogP contribution in [0.5, 0.6) is 0 Å². The summed E-state index contributed by atoms with van der Waals surface area (Å²) in [5.41, 5.74) is 0. The van der Waals surface area contributed by atoms with Gasteiger partial charge in [-0.1, -0.05) is 4.57 Å². The molecule has 3 unspecified atom stereocenters. The molecule has 0 saturated carbocycles. The maximum absolute atomic E-state index is 11.7. The quantitative estimate of drug-likeness (QED) is 0.408. The lowest BCUT2D eigenvalue weighted by atomic mass is 10.4. The lowest BCUT2D eigenvalue weighted by Gasteiger charge is -2.25. The molecule has 3 atom stereocenters. The van der Waals surface area contributed by atoms with E-state index in [4.69, 9.17) is 15.3 Å². The van der Waals surface area contributed by atoms with Gasteiger partial charge in [0.2, 0.25) is 0 Å². The zero-order valence-corrected chi connectivity index (χ0v) is 9.81. The van der Waals surface area contributed by atoms with Crippen LogP contribution < -0.4 is 0 Å². The van der Waals surface area contributed by atoms with Gasteiger partial charge in [-0.25, -0.2) is 0 Å². The van der Waals surface area contributed by atoms with E-state index >= 15 is 0 Å². The van der Waals surface area contributed by atoms with Crippen molar-refractivity contribution < 1.29 is 24.4 Å². The van der Waals surface area contributed by atoms with Gasteiger partial charge in [0.15, 0.2) is 6.16 Å². The van der Waals surface area contributed by atoms with Crippen LogP contribution in [0.25, 0.3) is 0 Å². The van der Waals surface area contributed by atoms with E-state index in [0.717, 1.165) is 0 Å². The van der Waals surface area contributed by atoms with Crippen molar-refractivity contribution in [2.24, 2.45) is 0 Å². The van der Waals surface area contributed by atoms with Crippen LogP contribution in [0.15, 0.2) is 0 Å². The Morgan fingerprint density at radius 1 is 1.21 bits per heavy atom. The lowest BCUT2D eigenvalue weighted by Crippen LogP contribution is -2.45. The fourth-order valence-corrected chi connectivity index (χ4v) is 2.84. The minimum atomic E-state index is -1.72. The van der Waals surface area contributed by atoms with Crippen molar-refractivity contribution in [2.45, 2.75) is 11.9 Å². The number of nitrogens with zero attached hydrogens (tertiary/aromatic N) is 1. The summed E-state index contributed by atoms with van der Waals surface area (Å²) in [7, 11) is 3.78. The third-order valence-corrected chi connectivity index (χ3v) is 4.29. The molecule has 0 aliphatic heterocycles. The normalized spacial score (nSPS) is 17.7. The van der Waals surface area contributed by atoms with E-state index in [1.54, 1.807) is 0 Å². The number of hydrogen-bond acceptors (Lipinski definition) is 4. The van der Waals surface area contributed by atoms with Gasteiger partial charge in [0.1, 0.15) is 12.7 Å². The van der Waals surface area contributed by atoms with E-state index in [1.165, 1.54) is 0 Å². The second kappa shape index (κ2) is 5.73. The predicted molar refractivity (Wildman–Crippen MR) is 54.5 cm³/mol. The van der Waals surface area contributed by atoms with Crippen LogP contribution in [0.1, 0.15) is 0 Å². The third-order valence-electron chi connectivity index (χ3n) is 1.99. The van der Waals surface area contributed by atoms with Crippen LogP contribution in [0.3, 0.4) is 0 Å². The fraction of sp³-hybridized carbons (Fsp3) is 1.00. The Morgan fingerprint density at radius 2 is 1.71 bits per heavy atom. The predicted octanol–water partition coefficient (Wildman–Crippen LogP) is -0.808. The Kier molecular flexibility index (Phi) is 5.71. The monoisotopic (exact) mass is 225 g/mol. The summed E-state index contributed by atoms with van der Waals surface area (Å²) in [6.07, 6.45) is -0.925. The minimum absolute atomic E-state index is 0.0343. The molecule has 0 saturated heterocycles. The van der Waals surface area contributed by atoms with Crippen LogP contribution in [-0.2, 0) is 4.57 Å². The maximum atomic E-state index is 11.7. The summed E-state index contributed by atoms with van der Waals surface area (Å²) in [4.78, 5) is 0. The smallest absolute Gasteiger partial charge is 0.394 e. The highest BCUT2D eigenvalue weighted by Crippen LogP contribution is 2.32. The number of quaternary nitrogens is 1. The van der Waals surface area contributed by atoms with Gasteiger partial charge in [0.25, 0.3) is 5.78 Å². The highest BCUT2D eigenvalue weighted by Gasteiger charge is 2.41. The first-order valence-electron chi connectivity index (χ1n) is 4.47. The first-order valence-corrected chi connectivity index (χ1v) is 5.99. The van der Waals surface area contributed by atoms with Gasteiger partial charge in [0.05, 0.1) is 27.7 Å². The average molecular weight is 225 g/mol. The van der Waals surface area contributed by atoms with Gasteiger partial charge < -0.3 is 15.3 Å². The van der Waals surface area contributed by atoms with Gasteiger partial charge in [-0.05, 0) is 0 Å². The molecule has 0 aliphatic rings. The highest BCUT2D eigenvalue weighted by atomic mass is 31.1. The van der Waals surface area contributed by atoms with E-state index < -0.39 is 26.3 Å². The maximum Gasteiger partial charge on any atom is 0.406 e. The van der Waals surface area contributed by atoms with Crippen molar-refractivity contribution in [1.29, 1.82) is 0 Å². The zero-order valence-electron chi connectivity index (χ0n) is 8.92. The third kappa shape index (κ3) is 4.44. The number of rotatable bonds is 6. The Labute approximate surface area is 85.4 Å². The van der Waals surface area contributed by atoms with Crippen LogP contribution >= 0.6 is 7.80 Å². The van der Waals surface area contributed by atoms with Crippen molar-refractivity contribution in [3.63, 3.8) is 0 Å². The molecule has 0 aliphatic carbocycles. The summed E-state index contributed by atoms with van der Waals surface area (Å²) in [5, 5.41) is 26.8. The molecule has 84 valence electrons. The molecule has 14 heavy (non-hydrogen) atoms. The molecule has 0 fully saturated rings. The fourth-order valence-electron chi connectivity index (χ4n) is 1.11. The molecule has 3 N–H and O–H groups in total. The SMILES string of the molecule is C[N+](C)(C)C(CO)[P+](=O)CC(O)CO. The second-order valence-electron chi connectivity index (χ2n) is 4.22. The van der Waals surface area contributed by atoms with Crippen molar-refractivity contribution in [3.05, 3.63) is 0 Å². The van der Waals surface area contributed by atoms with Crippen molar-refractivity contribution in [3.8, 4) is 0 Å². The Balaban J connectivity index is 4.33. The van der Waals surface area contributed by atoms with E-state index in [0.29, 0.717) is 4.48 Å². The minimum Gasteiger partial charge on any atom is -0.394 e. The van der Waals surface area contributed by atoms with Crippen LogP contribution in [0.2, 0.25) is 0 Å². The Morgan fingerprint density at radius 3 is 2.00 bits per heavy atom. The van der Waals surface area contributed by atoms with Gasteiger partial charge in [-0.2, -0.15) is 0 Å². The Hall–Kier alpha value is -0.0600. The number of hydrogen-bond donors (Lipinski definition) is 3. The largest absolute Gasteiger partial charge is 0.406 e. The molecule has 0 aromatic rings. The average Bonchev–Trinajstić information content (AvgIpc) is 2.02. The number of aliphatic hydroxyl groups is 3. The van der Waals surface area contributed by atoms with E-state index in [2.05, 4.69) is 0 Å².